The van der Waals surface area contributed by atoms with Crippen LogP contribution in [0, 0.1) is 6.92 Å². The van der Waals surface area contributed by atoms with Gasteiger partial charge in [-0.3, -0.25) is 9.59 Å². The molecule has 0 saturated carbocycles. The quantitative estimate of drug-likeness (QED) is 0.772. The Bertz CT molecular complexity index is 922. The first kappa shape index (κ1) is 19.8. The summed E-state index contributed by atoms with van der Waals surface area (Å²) in [7, 11) is 1.61. The highest BCUT2D eigenvalue weighted by Gasteiger charge is 2.47. The maximum Gasteiger partial charge on any atom is 0.255 e. The van der Waals surface area contributed by atoms with Crippen molar-refractivity contribution < 1.29 is 14.3 Å². The SMILES string of the molecule is COc1cccc(C(=O)N2CCSC23CCN(C(=O)c2ccccc2C)CC3)c1. The average Bonchev–Trinajstić information content (AvgIpc) is 3.16. The van der Waals surface area contributed by atoms with E-state index in [4.69, 9.17) is 4.74 Å². The summed E-state index contributed by atoms with van der Waals surface area (Å²) in [4.78, 5) is 29.9. The largest absolute Gasteiger partial charge is 0.497 e. The molecular formula is C23H26N2O3S. The molecular weight excluding hydrogens is 384 g/mol. The summed E-state index contributed by atoms with van der Waals surface area (Å²) in [6.07, 6.45) is 1.59. The minimum Gasteiger partial charge on any atom is -0.497 e. The van der Waals surface area contributed by atoms with Crippen LogP contribution < -0.4 is 4.74 Å². The number of carbonyl (C=O) groups excluding carboxylic acids is 2. The minimum absolute atomic E-state index is 0.0487. The molecule has 0 atom stereocenters. The van der Waals surface area contributed by atoms with E-state index in [2.05, 4.69) is 0 Å². The van der Waals surface area contributed by atoms with E-state index in [9.17, 15) is 9.59 Å². The first-order chi connectivity index (χ1) is 14.0. The van der Waals surface area contributed by atoms with Gasteiger partial charge in [0.15, 0.2) is 0 Å². The van der Waals surface area contributed by atoms with Crippen molar-refractivity contribution in [2.75, 3.05) is 32.5 Å². The highest BCUT2D eigenvalue weighted by Crippen LogP contribution is 2.44. The van der Waals surface area contributed by atoms with Crippen LogP contribution in [0.15, 0.2) is 48.5 Å². The summed E-state index contributed by atoms with van der Waals surface area (Å²) >= 11 is 1.86. The predicted molar refractivity (Wildman–Crippen MR) is 116 cm³/mol. The third-order valence-corrected chi connectivity index (χ3v) is 7.50. The lowest BCUT2D eigenvalue weighted by Gasteiger charge is -2.44. The molecule has 2 amide bonds. The molecule has 0 aliphatic carbocycles. The lowest BCUT2D eigenvalue weighted by molar-refractivity contribution is 0.0497. The van der Waals surface area contributed by atoms with E-state index in [1.165, 1.54) is 0 Å². The van der Waals surface area contributed by atoms with Gasteiger partial charge in [0.25, 0.3) is 11.8 Å². The van der Waals surface area contributed by atoms with Crippen molar-refractivity contribution in [3.63, 3.8) is 0 Å². The Kier molecular flexibility index (Phi) is 5.54. The van der Waals surface area contributed by atoms with Crippen LogP contribution >= 0.6 is 11.8 Å². The number of likely N-dealkylation sites (tertiary alicyclic amines) is 1. The van der Waals surface area contributed by atoms with E-state index in [-0.39, 0.29) is 16.7 Å². The van der Waals surface area contributed by atoms with E-state index in [0.29, 0.717) is 24.4 Å². The topological polar surface area (TPSA) is 49.9 Å². The number of aryl methyl sites for hydroxylation is 1. The fourth-order valence-corrected chi connectivity index (χ4v) is 5.72. The molecule has 2 heterocycles. The van der Waals surface area contributed by atoms with Crippen LogP contribution in [0.2, 0.25) is 0 Å². The highest BCUT2D eigenvalue weighted by molar-refractivity contribution is 8.00. The van der Waals surface area contributed by atoms with Gasteiger partial charge in [-0.25, -0.2) is 0 Å². The number of benzene rings is 2. The molecule has 0 bridgehead atoms. The van der Waals surface area contributed by atoms with Crippen LogP contribution in [-0.2, 0) is 0 Å². The number of nitrogens with zero attached hydrogens (tertiary/aromatic N) is 2. The maximum atomic E-state index is 13.2. The molecule has 2 aromatic rings. The average molecular weight is 411 g/mol. The van der Waals surface area contributed by atoms with Crippen molar-refractivity contribution in [3.8, 4) is 5.75 Å². The third-order valence-electron chi connectivity index (χ3n) is 5.95. The van der Waals surface area contributed by atoms with Gasteiger partial charge in [-0.1, -0.05) is 24.3 Å². The fraction of sp³-hybridized carbons (Fsp3) is 0.391. The number of piperidine rings is 1. The number of ether oxygens (including phenoxy) is 1. The summed E-state index contributed by atoms with van der Waals surface area (Å²) in [5, 5.41) is 0. The summed E-state index contributed by atoms with van der Waals surface area (Å²) in [5.41, 5.74) is 2.43. The van der Waals surface area contributed by atoms with Crippen LogP contribution in [0.3, 0.4) is 0 Å². The third kappa shape index (κ3) is 3.73. The van der Waals surface area contributed by atoms with E-state index >= 15 is 0 Å². The standard InChI is InChI=1S/C23H26N2O3S/c1-17-6-3-4-9-20(17)22(27)24-12-10-23(11-13-24)25(14-15-29-23)21(26)18-7-5-8-19(16-18)28-2/h3-9,16H,10-15H2,1-2H3. The molecule has 2 aliphatic rings. The number of hydrogen-bond acceptors (Lipinski definition) is 4. The number of amides is 2. The smallest absolute Gasteiger partial charge is 0.255 e. The van der Waals surface area contributed by atoms with E-state index in [0.717, 1.165) is 36.3 Å². The van der Waals surface area contributed by atoms with Gasteiger partial charge in [0, 0.05) is 36.5 Å². The van der Waals surface area contributed by atoms with E-state index in [1.807, 2.05) is 71.0 Å². The summed E-state index contributed by atoms with van der Waals surface area (Å²) in [6.45, 7) is 4.05. The molecule has 152 valence electrons. The number of thioether (sulfide) groups is 1. The normalized spacial score (nSPS) is 18.1. The Labute approximate surface area is 176 Å². The second-order valence-corrected chi connectivity index (χ2v) is 9.05. The molecule has 6 heteroatoms. The lowest BCUT2D eigenvalue weighted by Crippen LogP contribution is -2.53. The monoisotopic (exact) mass is 410 g/mol. The lowest BCUT2D eigenvalue weighted by atomic mass is 9.99. The zero-order valence-corrected chi connectivity index (χ0v) is 17.7. The van der Waals surface area contributed by atoms with Gasteiger partial charge in [-0.15, -0.1) is 11.8 Å². The Balaban J connectivity index is 1.48. The van der Waals surface area contributed by atoms with Gasteiger partial charge in [0.2, 0.25) is 0 Å². The van der Waals surface area contributed by atoms with Gasteiger partial charge < -0.3 is 14.5 Å². The molecule has 0 radical (unpaired) electrons. The van der Waals surface area contributed by atoms with E-state index < -0.39 is 0 Å². The fourth-order valence-electron chi connectivity index (χ4n) is 4.26. The first-order valence-electron chi connectivity index (χ1n) is 9.99. The van der Waals surface area contributed by atoms with Gasteiger partial charge >= 0.3 is 0 Å². The van der Waals surface area contributed by atoms with Crippen LogP contribution in [0.1, 0.15) is 39.1 Å². The highest BCUT2D eigenvalue weighted by atomic mass is 32.2. The van der Waals surface area contributed by atoms with Crippen LogP contribution in [-0.4, -0.2) is 59.0 Å². The maximum absolute atomic E-state index is 13.2. The number of hydrogen-bond donors (Lipinski definition) is 0. The summed E-state index contributed by atoms with van der Waals surface area (Å²) in [5.74, 6) is 1.76. The zero-order valence-electron chi connectivity index (χ0n) is 16.9. The van der Waals surface area contributed by atoms with Crippen molar-refractivity contribution in [1.82, 2.24) is 9.80 Å². The molecule has 1 spiro atoms. The molecule has 2 fully saturated rings. The van der Waals surface area contributed by atoms with E-state index in [1.54, 1.807) is 13.2 Å². The van der Waals surface area contributed by atoms with Crippen molar-refractivity contribution in [2.24, 2.45) is 0 Å². The van der Waals surface area contributed by atoms with Crippen molar-refractivity contribution >= 4 is 23.6 Å². The van der Waals surface area contributed by atoms with Crippen LogP contribution in [0.5, 0.6) is 5.75 Å². The number of rotatable bonds is 3. The second-order valence-electron chi connectivity index (χ2n) is 7.59. The molecule has 0 N–H and O–H groups in total. The summed E-state index contributed by atoms with van der Waals surface area (Å²) in [6, 6.07) is 15.1. The molecule has 2 saturated heterocycles. The molecule has 29 heavy (non-hydrogen) atoms. The number of methoxy groups -OCH3 is 1. The Morgan fingerprint density at radius 1 is 1.00 bits per heavy atom. The Morgan fingerprint density at radius 3 is 2.48 bits per heavy atom. The van der Waals surface area contributed by atoms with Gasteiger partial charge in [-0.05, 0) is 49.6 Å². The van der Waals surface area contributed by atoms with Crippen LogP contribution in [0.4, 0.5) is 0 Å². The zero-order chi connectivity index (χ0) is 20.4. The Morgan fingerprint density at radius 2 is 1.76 bits per heavy atom. The van der Waals surface area contributed by atoms with Gasteiger partial charge in [-0.2, -0.15) is 0 Å². The van der Waals surface area contributed by atoms with Crippen LogP contribution in [0.25, 0.3) is 0 Å². The minimum atomic E-state index is -0.220. The first-order valence-corrected chi connectivity index (χ1v) is 11.0. The summed E-state index contributed by atoms with van der Waals surface area (Å²) < 4.78 is 5.28. The second kappa shape index (κ2) is 8.11. The van der Waals surface area contributed by atoms with Crippen molar-refractivity contribution in [2.45, 2.75) is 24.6 Å². The number of carbonyl (C=O) groups is 2. The van der Waals surface area contributed by atoms with Gasteiger partial charge in [0.1, 0.15) is 5.75 Å². The van der Waals surface area contributed by atoms with Crippen molar-refractivity contribution in [1.29, 1.82) is 0 Å². The molecule has 2 aliphatic heterocycles. The molecule has 4 rings (SSSR count). The predicted octanol–water partition coefficient (Wildman–Crippen LogP) is 3.83. The molecule has 0 aromatic heterocycles. The molecule has 5 nitrogen and oxygen atoms in total. The molecule has 0 unspecified atom stereocenters. The molecule has 2 aromatic carbocycles. The van der Waals surface area contributed by atoms with Gasteiger partial charge in [0.05, 0.1) is 12.0 Å². The van der Waals surface area contributed by atoms with Crippen molar-refractivity contribution in [3.05, 3.63) is 65.2 Å². The Hall–Kier alpha value is -2.47.